The summed E-state index contributed by atoms with van der Waals surface area (Å²) in [5, 5.41) is 13.3. The Bertz CT molecular complexity index is 245. The monoisotopic (exact) mass is 498 g/mol. The summed E-state index contributed by atoms with van der Waals surface area (Å²) in [6.45, 7) is 4.11. The van der Waals surface area contributed by atoms with Crippen molar-refractivity contribution in [1.82, 2.24) is 0 Å². The topological polar surface area (TPSA) is 83.1 Å². The van der Waals surface area contributed by atoms with Gasteiger partial charge in [0.05, 0.1) is 0 Å². The first-order valence-corrected chi connectivity index (χ1v) is 17.4. The minimum absolute atomic E-state index is 0.657. The van der Waals surface area contributed by atoms with Gasteiger partial charge in [-0.25, -0.2) is 0 Å². The van der Waals surface area contributed by atoms with Gasteiger partial charge in [-0.1, -0.05) is 0 Å². The fraction of sp³-hybridized carbons (Fsp3) is 1.00. The van der Waals surface area contributed by atoms with Crippen LogP contribution in [0.25, 0.3) is 0 Å². The molecule has 0 radical (unpaired) electrons. The Hall–Kier alpha value is 1.24. The SMILES string of the molecule is CCC[CH2][Sn]1([O]O[O][Sn]2([CH2]CCC)[O]O[O]2)[O]O[O]1. The molecule has 0 bridgehead atoms. The quantitative estimate of drug-likeness (QED) is 0.257. The van der Waals surface area contributed by atoms with Crippen LogP contribution in [-0.2, 0) is 34.5 Å². The number of hydrogen-bond acceptors (Lipinski definition) is 9. The average molecular weight is 496 g/mol. The van der Waals surface area contributed by atoms with E-state index in [2.05, 4.69) is 23.9 Å². The molecule has 0 unspecified atom stereocenters. The Balaban J connectivity index is 1.69. The summed E-state index contributed by atoms with van der Waals surface area (Å²) < 4.78 is 31.3. The second-order valence-electron chi connectivity index (χ2n) is 4.28. The molecule has 2 saturated heterocycles. The molecule has 0 spiro atoms. The summed E-state index contributed by atoms with van der Waals surface area (Å²) in [6.07, 6.45) is 3.80. The Morgan fingerprint density at radius 1 is 0.737 bits per heavy atom. The van der Waals surface area contributed by atoms with Gasteiger partial charge in [0.1, 0.15) is 0 Å². The molecular weight excluding hydrogens is 478 g/mol. The van der Waals surface area contributed by atoms with Crippen molar-refractivity contribution < 1.29 is 34.5 Å². The molecule has 0 aliphatic carbocycles. The van der Waals surface area contributed by atoms with Crippen LogP contribution in [0, 0.1) is 0 Å². The molecule has 9 nitrogen and oxygen atoms in total. The molecule has 0 aromatic carbocycles. The van der Waals surface area contributed by atoms with E-state index in [1.807, 2.05) is 0 Å². The van der Waals surface area contributed by atoms with Crippen molar-refractivity contribution in [2.24, 2.45) is 0 Å². The second-order valence-corrected chi connectivity index (χ2v) is 17.8. The van der Waals surface area contributed by atoms with Gasteiger partial charge < -0.3 is 0 Å². The Labute approximate surface area is 121 Å². The van der Waals surface area contributed by atoms with Gasteiger partial charge in [-0.05, 0) is 0 Å². The third-order valence-electron chi connectivity index (χ3n) is 2.64. The van der Waals surface area contributed by atoms with Gasteiger partial charge in [-0.2, -0.15) is 0 Å². The maximum absolute atomic E-state index is 5.13. The second kappa shape index (κ2) is 8.02. The summed E-state index contributed by atoms with van der Waals surface area (Å²) in [4.78, 5) is 0. The first-order chi connectivity index (χ1) is 9.24. The molecule has 0 atom stereocenters. The zero-order valence-electron chi connectivity index (χ0n) is 10.9. The molecule has 2 heterocycles. The van der Waals surface area contributed by atoms with Crippen molar-refractivity contribution >= 4 is 39.2 Å². The fourth-order valence-electron chi connectivity index (χ4n) is 1.43. The van der Waals surface area contributed by atoms with Crippen LogP contribution in [0.15, 0.2) is 0 Å². The van der Waals surface area contributed by atoms with E-state index in [4.69, 9.17) is 24.4 Å². The zero-order valence-corrected chi connectivity index (χ0v) is 16.6. The van der Waals surface area contributed by atoms with Crippen molar-refractivity contribution in [1.29, 1.82) is 0 Å². The molecule has 19 heavy (non-hydrogen) atoms. The molecule has 0 N–H and O–H groups in total. The van der Waals surface area contributed by atoms with E-state index in [1.165, 1.54) is 0 Å². The molecule has 2 fully saturated rings. The summed E-state index contributed by atoms with van der Waals surface area (Å²) in [7, 11) is 0. The molecule has 2 rings (SSSR count). The van der Waals surface area contributed by atoms with Crippen LogP contribution >= 0.6 is 0 Å². The summed E-state index contributed by atoms with van der Waals surface area (Å²) >= 11 is -7.27. The molecule has 0 amide bonds. The van der Waals surface area contributed by atoms with Gasteiger partial charge in [0.25, 0.3) is 0 Å². The van der Waals surface area contributed by atoms with Crippen molar-refractivity contribution in [3.63, 3.8) is 0 Å². The first kappa shape index (κ1) is 16.6. The van der Waals surface area contributed by atoms with Crippen LogP contribution in [0.4, 0.5) is 0 Å². The molecule has 112 valence electrons. The van der Waals surface area contributed by atoms with Crippen LogP contribution in [0.2, 0.25) is 8.87 Å². The van der Waals surface area contributed by atoms with Gasteiger partial charge in [0, 0.05) is 0 Å². The first-order valence-electron chi connectivity index (χ1n) is 6.35. The molecule has 0 saturated carbocycles. The van der Waals surface area contributed by atoms with E-state index >= 15 is 0 Å². The summed E-state index contributed by atoms with van der Waals surface area (Å²) in [5.74, 6) is 0. The molecular formula is C8H18O9Sn2. The predicted octanol–water partition coefficient (Wildman–Crippen LogP) is 2.13. The van der Waals surface area contributed by atoms with Crippen molar-refractivity contribution in [3.05, 3.63) is 0 Å². The minimum atomic E-state index is -3.64. The van der Waals surface area contributed by atoms with Crippen molar-refractivity contribution in [3.8, 4) is 0 Å². The molecule has 0 aromatic heterocycles. The van der Waals surface area contributed by atoms with Gasteiger partial charge in [0.2, 0.25) is 0 Å². The average Bonchev–Trinajstić information content (AvgIpc) is 2.33. The standard InChI is InChI=1S/2C4H9.3H2O3.2Sn/c2*1-3-4-2;3*1-3-2;;/h2*1,3-4H2,2H3;3*1-2H;;/q;;;;;2*+3/p-6. The van der Waals surface area contributed by atoms with Gasteiger partial charge in [-0.15, -0.1) is 0 Å². The number of hydrogen-bond donors (Lipinski definition) is 0. The third-order valence-corrected chi connectivity index (χ3v) is 13.7. The van der Waals surface area contributed by atoms with E-state index in [0.717, 1.165) is 25.7 Å². The number of rotatable bonds is 10. The molecule has 0 aromatic rings. The third kappa shape index (κ3) is 4.60. The van der Waals surface area contributed by atoms with Crippen LogP contribution in [0.5, 0.6) is 0 Å². The fourth-order valence-corrected chi connectivity index (χ4v) is 10.3. The van der Waals surface area contributed by atoms with Gasteiger partial charge >= 0.3 is 122 Å². The van der Waals surface area contributed by atoms with Crippen molar-refractivity contribution in [2.75, 3.05) is 0 Å². The van der Waals surface area contributed by atoms with Crippen molar-refractivity contribution in [2.45, 2.75) is 48.4 Å². The van der Waals surface area contributed by atoms with Crippen LogP contribution < -0.4 is 0 Å². The Morgan fingerprint density at radius 3 is 1.42 bits per heavy atom. The Kier molecular flexibility index (Phi) is 7.01. The van der Waals surface area contributed by atoms with Crippen LogP contribution in [0.1, 0.15) is 39.5 Å². The van der Waals surface area contributed by atoms with Gasteiger partial charge in [0.15, 0.2) is 0 Å². The predicted molar refractivity (Wildman–Crippen MR) is 60.7 cm³/mol. The van der Waals surface area contributed by atoms with Gasteiger partial charge in [-0.3, -0.25) is 0 Å². The van der Waals surface area contributed by atoms with E-state index in [-0.39, 0.29) is 0 Å². The normalized spacial score (nSPS) is 23.7. The molecule has 2 aliphatic rings. The summed E-state index contributed by atoms with van der Waals surface area (Å²) in [6, 6.07) is 0. The molecule has 2 aliphatic heterocycles. The van der Waals surface area contributed by atoms with E-state index in [9.17, 15) is 0 Å². The van der Waals surface area contributed by atoms with Crippen LogP contribution in [-0.4, -0.2) is 39.2 Å². The van der Waals surface area contributed by atoms with E-state index in [0.29, 0.717) is 8.87 Å². The molecule has 11 heteroatoms. The number of unbranched alkanes of at least 4 members (excludes halogenated alkanes) is 2. The maximum atomic E-state index is 5.13. The summed E-state index contributed by atoms with van der Waals surface area (Å²) in [5.41, 5.74) is 0. The van der Waals surface area contributed by atoms with E-state index in [1.54, 1.807) is 0 Å². The van der Waals surface area contributed by atoms with Crippen LogP contribution in [0.3, 0.4) is 0 Å². The zero-order chi connectivity index (χ0) is 13.6. The van der Waals surface area contributed by atoms with E-state index < -0.39 is 39.2 Å². The Morgan fingerprint density at radius 2 is 1.16 bits per heavy atom.